The maximum Gasteiger partial charge on any atom is 0.354 e. The highest BCUT2D eigenvalue weighted by Crippen LogP contribution is 2.25. The van der Waals surface area contributed by atoms with Crippen LogP contribution in [0.15, 0.2) is 30.5 Å². The maximum absolute atomic E-state index is 10.9. The van der Waals surface area contributed by atoms with E-state index in [1.165, 1.54) is 17.8 Å². The molecule has 0 saturated heterocycles. The van der Waals surface area contributed by atoms with Crippen LogP contribution in [0.4, 0.5) is 11.4 Å². The lowest BCUT2D eigenvalue weighted by molar-refractivity contribution is 0.0690. The Morgan fingerprint density at radius 1 is 1.16 bits per heavy atom. The molecule has 2 rings (SSSR count). The summed E-state index contributed by atoms with van der Waals surface area (Å²) in [6.07, 6.45) is 1.49. The van der Waals surface area contributed by atoms with Gasteiger partial charge < -0.3 is 10.4 Å². The summed E-state index contributed by atoms with van der Waals surface area (Å²) in [6.45, 7) is 6.11. The minimum absolute atomic E-state index is 0.0346. The number of aromatic nitrogens is 1. The van der Waals surface area contributed by atoms with Crippen molar-refractivity contribution >= 4 is 17.3 Å². The van der Waals surface area contributed by atoms with Gasteiger partial charge in [0.05, 0.1) is 0 Å². The van der Waals surface area contributed by atoms with Crippen molar-refractivity contribution < 1.29 is 9.90 Å². The van der Waals surface area contributed by atoms with Gasteiger partial charge in [-0.15, -0.1) is 0 Å². The Balaban J connectivity index is 2.36. The number of rotatable bonds is 3. The largest absolute Gasteiger partial charge is 0.477 e. The zero-order valence-electron chi connectivity index (χ0n) is 11.2. The van der Waals surface area contributed by atoms with Crippen LogP contribution in [-0.4, -0.2) is 16.1 Å². The van der Waals surface area contributed by atoms with E-state index in [9.17, 15) is 4.79 Å². The minimum atomic E-state index is -1.03. The number of aromatic carboxylic acids is 1. The number of carboxylic acids is 1. The SMILES string of the molecule is Cc1cc(C)c(Nc2ccnc(C(=O)O)c2)c(C)c1. The van der Waals surface area contributed by atoms with Crippen LogP contribution in [0.2, 0.25) is 0 Å². The molecular formula is C15H16N2O2. The van der Waals surface area contributed by atoms with E-state index < -0.39 is 5.97 Å². The summed E-state index contributed by atoms with van der Waals surface area (Å²) in [5.41, 5.74) is 5.24. The number of hydrogen-bond donors (Lipinski definition) is 2. The van der Waals surface area contributed by atoms with Crippen LogP contribution in [-0.2, 0) is 0 Å². The maximum atomic E-state index is 10.9. The fourth-order valence-corrected chi connectivity index (χ4v) is 2.15. The van der Waals surface area contributed by atoms with Gasteiger partial charge in [0.25, 0.3) is 0 Å². The van der Waals surface area contributed by atoms with Gasteiger partial charge in [-0.1, -0.05) is 17.7 Å². The minimum Gasteiger partial charge on any atom is -0.477 e. The summed E-state index contributed by atoms with van der Waals surface area (Å²) in [4.78, 5) is 14.7. The number of nitrogens with zero attached hydrogens (tertiary/aromatic N) is 1. The van der Waals surface area contributed by atoms with Gasteiger partial charge in [-0.25, -0.2) is 9.78 Å². The van der Waals surface area contributed by atoms with Crippen LogP contribution >= 0.6 is 0 Å². The first kappa shape index (κ1) is 13.1. The molecule has 1 aromatic carbocycles. The first-order valence-corrected chi connectivity index (χ1v) is 6.01. The number of anilines is 2. The molecule has 0 aliphatic carbocycles. The van der Waals surface area contributed by atoms with E-state index in [0.717, 1.165) is 22.5 Å². The molecule has 4 nitrogen and oxygen atoms in total. The second kappa shape index (κ2) is 5.10. The molecule has 1 aromatic heterocycles. The molecule has 0 bridgehead atoms. The highest BCUT2D eigenvalue weighted by molar-refractivity contribution is 5.86. The number of pyridine rings is 1. The Kier molecular flexibility index (Phi) is 3.51. The highest BCUT2D eigenvalue weighted by Gasteiger charge is 2.07. The Morgan fingerprint density at radius 3 is 2.37 bits per heavy atom. The molecule has 0 aliphatic rings. The Hall–Kier alpha value is -2.36. The van der Waals surface area contributed by atoms with Crippen LogP contribution in [0.5, 0.6) is 0 Å². The first-order valence-electron chi connectivity index (χ1n) is 6.01. The topological polar surface area (TPSA) is 62.2 Å². The third-order valence-corrected chi connectivity index (χ3v) is 2.93. The van der Waals surface area contributed by atoms with Crippen molar-refractivity contribution in [2.24, 2.45) is 0 Å². The summed E-state index contributed by atoms with van der Waals surface area (Å²) in [6, 6.07) is 7.47. The van der Waals surface area contributed by atoms with Crippen molar-refractivity contribution in [3.63, 3.8) is 0 Å². The normalized spacial score (nSPS) is 10.3. The molecule has 0 spiro atoms. The lowest BCUT2D eigenvalue weighted by Gasteiger charge is -2.14. The third kappa shape index (κ3) is 2.91. The van der Waals surface area contributed by atoms with E-state index in [4.69, 9.17) is 5.11 Å². The van der Waals surface area contributed by atoms with Gasteiger partial charge in [0.1, 0.15) is 5.69 Å². The molecule has 2 N–H and O–H groups in total. The molecule has 2 aromatic rings. The van der Waals surface area contributed by atoms with Gasteiger partial charge in [-0.2, -0.15) is 0 Å². The lowest BCUT2D eigenvalue weighted by Crippen LogP contribution is -2.02. The van der Waals surface area contributed by atoms with Gasteiger partial charge in [-0.3, -0.25) is 0 Å². The van der Waals surface area contributed by atoms with E-state index in [-0.39, 0.29) is 5.69 Å². The fraction of sp³-hybridized carbons (Fsp3) is 0.200. The van der Waals surface area contributed by atoms with Crippen LogP contribution < -0.4 is 5.32 Å². The number of nitrogens with one attached hydrogen (secondary N) is 1. The van der Waals surface area contributed by atoms with E-state index in [0.29, 0.717) is 0 Å². The monoisotopic (exact) mass is 256 g/mol. The molecule has 0 fully saturated rings. The van der Waals surface area contributed by atoms with E-state index in [1.807, 2.05) is 13.8 Å². The van der Waals surface area contributed by atoms with E-state index in [1.54, 1.807) is 6.07 Å². The second-order valence-electron chi connectivity index (χ2n) is 4.63. The molecular weight excluding hydrogens is 240 g/mol. The van der Waals surface area contributed by atoms with Crippen molar-refractivity contribution in [1.29, 1.82) is 0 Å². The molecule has 1 heterocycles. The number of carboxylic acid groups (broad SMARTS) is 1. The summed E-state index contributed by atoms with van der Waals surface area (Å²) < 4.78 is 0. The smallest absolute Gasteiger partial charge is 0.354 e. The summed E-state index contributed by atoms with van der Waals surface area (Å²) >= 11 is 0. The average molecular weight is 256 g/mol. The van der Waals surface area contributed by atoms with Crippen LogP contribution in [0.3, 0.4) is 0 Å². The molecule has 0 unspecified atom stereocenters. The third-order valence-electron chi connectivity index (χ3n) is 2.93. The molecule has 19 heavy (non-hydrogen) atoms. The average Bonchev–Trinajstić information content (AvgIpc) is 2.34. The fourth-order valence-electron chi connectivity index (χ4n) is 2.15. The van der Waals surface area contributed by atoms with Crippen LogP contribution in [0, 0.1) is 20.8 Å². The van der Waals surface area contributed by atoms with Gasteiger partial charge >= 0.3 is 5.97 Å². The van der Waals surface area contributed by atoms with E-state index >= 15 is 0 Å². The van der Waals surface area contributed by atoms with Gasteiger partial charge in [0.15, 0.2) is 0 Å². The Morgan fingerprint density at radius 2 is 1.79 bits per heavy atom. The zero-order valence-corrected chi connectivity index (χ0v) is 11.2. The lowest BCUT2D eigenvalue weighted by atomic mass is 10.0. The second-order valence-corrected chi connectivity index (χ2v) is 4.63. The van der Waals surface area contributed by atoms with Gasteiger partial charge in [-0.05, 0) is 44.0 Å². The predicted octanol–water partition coefficient (Wildman–Crippen LogP) is 3.45. The van der Waals surface area contributed by atoms with Gasteiger partial charge in [0.2, 0.25) is 0 Å². The molecule has 0 aliphatic heterocycles. The van der Waals surface area contributed by atoms with Gasteiger partial charge in [0, 0.05) is 17.6 Å². The van der Waals surface area contributed by atoms with Crippen molar-refractivity contribution in [3.8, 4) is 0 Å². The summed E-state index contributed by atoms with van der Waals surface area (Å²) in [5, 5.41) is 12.2. The number of aryl methyl sites for hydroxylation is 3. The quantitative estimate of drug-likeness (QED) is 0.883. The van der Waals surface area contributed by atoms with E-state index in [2.05, 4.69) is 29.4 Å². The number of carbonyl (C=O) groups is 1. The molecule has 4 heteroatoms. The zero-order chi connectivity index (χ0) is 14.0. The van der Waals surface area contributed by atoms with Crippen LogP contribution in [0.1, 0.15) is 27.2 Å². The van der Waals surface area contributed by atoms with Crippen molar-refractivity contribution in [1.82, 2.24) is 4.98 Å². The number of benzene rings is 1. The molecule has 0 saturated carbocycles. The van der Waals surface area contributed by atoms with Crippen molar-refractivity contribution in [3.05, 3.63) is 52.8 Å². The van der Waals surface area contributed by atoms with Crippen molar-refractivity contribution in [2.45, 2.75) is 20.8 Å². The standard InChI is InChI=1S/C15H16N2O2/c1-9-6-10(2)14(11(3)7-9)17-12-4-5-16-13(8-12)15(18)19/h4-8H,1-3H3,(H,16,17)(H,18,19). The van der Waals surface area contributed by atoms with Crippen molar-refractivity contribution in [2.75, 3.05) is 5.32 Å². The molecule has 98 valence electrons. The highest BCUT2D eigenvalue weighted by atomic mass is 16.4. The summed E-state index contributed by atoms with van der Waals surface area (Å²) in [7, 11) is 0. The Labute approximate surface area is 112 Å². The molecule has 0 atom stereocenters. The first-order chi connectivity index (χ1) is 8.97. The number of hydrogen-bond acceptors (Lipinski definition) is 3. The summed E-state index contributed by atoms with van der Waals surface area (Å²) in [5.74, 6) is -1.03. The van der Waals surface area contributed by atoms with Crippen LogP contribution in [0.25, 0.3) is 0 Å². The predicted molar refractivity (Wildman–Crippen MR) is 75.1 cm³/mol. The molecule has 0 radical (unpaired) electrons. The molecule has 0 amide bonds. The Bertz CT molecular complexity index is 613.